The molecule has 2 rings (SSSR count). The zero-order chi connectivity index (χ0) is 13.2. The molecule has 6 heteroatoms. The zero-order valence-corrected chi connectivity index (χ0v) is 10.3. The molecule has 0 saturated heterocycles. The number of nitrogens with zero attached hydrogens (tertiary/aromatic N) is 3. The molecule has 0 bridgehead atoms. The number of hydrogen-bond acceptors (Lipinski definition) is 4. The zero-order valence-electron chi connectivity index (χ0n) is 10.3. The summed E-state index contributed by atoms with van der Waals surface area (Å²) < 4.78 is 6.42. The lowest BCUT2D eigenvalue weighted by Gasteiger charge is -2.25. The number of para-hydroxylation sites is 1. The number of benzene rings is 1. The van der Waals surface area contributed by atoms with Crippen molar-refractivity contribution in [3.05, 3.63) is 24.3 Å². The Labute approximate surface area is 104 Å². The third kappa shape index (κ3) is 1.95. The van der Waals surface area contributed by atoms with Crippen molar-refractivity contribution in [2.45, 2.75) is 18.9 Å². The maximum atomic E-state index is 11.5. The number of ether oxygens (including phenoxy) is 1. The molecule has 18 heavy (non-hydrogen) atoms. The average Bonchev–Trinajstić information content (AvgIpc) is 2.80. The van der Waals surface area contributed by atoms with E-state index in [1.165, 1.54) is 4.68 Å². The van der Waals surface area contributed by atoms with Gasteiger partial charge in [0.2, 0.25) is 0 Å². The molecule has 0 aliphatic carbocycles. The molecule has 1 aromatic heterocycles. The van der Waals surface area contributed by atoms with Gasteiger partial charge in [0.15, 0.2) is 5.54 Å². The molecule has 0 aliphatic heterocycles. The van der Waals surface area contributed by atoms with Gasteiger partial charge in [-0.1, -0.05) is 17.3 Å². The van der Waals surface area contributed by atoms with Crippen LogP contribution in [0, 0.1) is 0 Å². The lowest BCUT2D eigenvalue weighted by molar-refractivity contribution is -0.148. The van der Waals surface area contributed by atoms with Crippen LogP contribution >= 0.6 is 0 Å². The van der Waals surface area contributed by atoms with E-state index in [4.69, 9.17) is 4.74 Å². The molecule has 0 aliphatic rings. The summed E-state index contributed by atoms with van der Waals surface area (Å²) >= 11 is 0. The maximum absolute atomic E-state index is 11.5. The van der Waals surface area contributed by atoms with Crippen LogP contribution in [0.1, 0.15) is 13.3 Å². The first kappa shape index (κ1) is 12.5. The standard InChI is InChI=1S/C12H15N3O3/c1-12(11(16)17,7-8-18-2)15-10-6-4-3-5-9(10)13-14-15/h3-6H,7-8H2,1-2H3,(H,16,17). The van der Waals surface area contributed by atoms with Crippen LogP contribution in [-0.2, 0) is 15.1 Å². The number of aromatic nitrogens is 3. The summed E-state index contributed by atoms with van der Waals surface area (Å²) in [4.78, 5) is 11.5. The highest BCUT2D eigenvalue weighted by Crippen LogP contribution is 2.24. The smallest absolute Gasteiger partial charge is 0.331 e. The molecule has 1 unspecified atom stereocenters. The molecule has 0 saturated carbocycles. The summed E-state index contributed by atoms with van der Waals surface area (Å²) in [6.07, 6.45) is 0.326. The molecule has 0 radical (unpaired) electrons. The molecule has 1 aromatic carbocycles. The van der Waals surface area contributed by atoms with E-state index in [-0.39, 0.29) is 0 Å². The van der Waals surface area contributed by atoms with Crippen molar-refractivity contribution in [2.75, 3.05) is 13.7 Å². The van der Waals surface area contributed by atoms with Crippen LogP contribution in [0.15, 0.2) is 24.3 Å². The molecule has 1 N–H and O–H groups in total. The van der Waals surface area contributed by atoms with E-state index in [0.717, 1.165) is 0 Å². The maximum Gasteiger partial charge on any atom is 0.331 e. The molecule has 0 fully saturated rings. The van der Waals surface area contributed by atoms with Crippen molar-refractivity contribution < 1.29 is 14.6 Å². The fourth-order valence-corrected chi connectivity index (χ4v) is 1.84. The highest BCUT2D eigenvalue weighted by atomic mass is 16.5. The molecule has 0 amide bonds. The average molecular weight is 249 g/mol. The summed E-state index contributed by atoms with van der Waals surface area (Å²) in [7, 11) is 1.54. The molecule has 1 atom stereocenters. The second-order valence-corrected chi connectivity index (χ2v) is 4.31. The fourth-order valence-electron chi connectivity index (χ4n) is 1.84. The number of hydrogen-bond donors (Lipinski definition) is 1. The number of rotatable bonds is 5. The summed E-state index contributed by atoms with van der Waals surface area (Å²) in [6, 6.07) is 7.29. The first-order valence-corrected chi connectivity index (χ1v) is 5.63. The molecule has 1 heterocycles. The van der Waals surface area contributed by atoms with Crippen LogP contribution in [0.2, 0.25) is 0 Å². The molecule has 0 spiro atoms. The van der Waals surface area contributed by atoms with Crippen molar-refractivity contribution in [1.82, 2.24) is 15.0 Å². The van der Waals surface area contributed by atoms with Gasteiger partial charge in [-0.15, -0.1) is 5.10 Å². The van der Waals surface area contributed by atoms with Crippen molar-refractivity contribution in [3.8, 4) is 0 Å². The Morgan fingerprint density at radius 2 is 2.22 bits per heavy atom. The Bertz CT molecular complexity index is 566. The van der Waals surface area contributed by atoms with E-state index in [1.54, 1.807) is 20.1 Å². The van der Waals surface area contributed by atoms with E-state index in [1.807, 2.05) is 18.2 Å². The minimum Gasteiger partial charge on any atom is -0.479 e. The van der Waals surface area contributed by atoms with Gasteiger partial charge in [-0.25, -0.2) is 9.48 Å². The van der Waals surface area contributed by atoms with E-state index < -0.39 is 11.5 Å². The molecular weight excluding hydrogens is 234 g/mol. The van der Waals surface area contributed by atoms with Crippen LogP contribution in [0.5, 0.6) is 0 Å². The minimum absolute atomic E-state index is 0.326. The monoisotopic (exact) mass is 249 g/mol. The van der Waals surface area contributed by atoms with Gasteiger partial charge in [-0.3, -0.25) is 0 Å². The van der Waals surface area contributed by atoms with Gasteiger partial charge >= 0.3 is 5.97 Å². The first-order valence-electron chi connectivity index (χ1n) is 5.63. The first-order chi connectivity index (χ1) is 8.59. The quantitative estimate of drug-likeness (QED) is 0.863. The van der Waals surface area contributed by atoms with E-state index in [0.29, 0.717) is 24.1 Å². The van der Waals surface area contributed by atoms with Crippen LogP contribution in [0.25, 0.3) is 11.0 Å². The van der Waals surface area contributed by atoms with Crippen molar-refractivity contribution in [1.29, 1.82) is 0 Å². The molecular formula is C12H15N3O3. The van der Waals surface area contributed by atoms with Crippen molar-refractivity contribution in [3.63, 3.8) is 0 Å². The lowest BCUT2D eigenvalue weighted by Crippen LogP contribution is -2.40. The minimum atomic E-state index is -1.16. The van der Waals surface area contributed by atoms with E-state index in [2.05, 4.69) is 10.3 Å². The highest BCUT2D eigenvalue weighted by Gasteiger charge is 2.37. The Morgan fingerprint density at radius 3 is 2.89 bits per heavy atom. The van der Waals surface area contributed by atoms with Gasteiger partial charge < -0.3 is 9.84 Å². The van der Waals surface area contributed by atoms with Gasteiger partial charge in [0, 0.05) is 20.1 Å². The van der Waals surface area contributed by atoms with Gasteiger partial charge in [-0.2, -0.15) is 0 Å². The molecule has 2 aromatic rings. The van der Waals surface area contributed by atoms with Crippen LogP contribution < -0.4 is 0 Å². The predicted molar refractivity (Wildman–Crippen MR) is 65.3 cm³/mol. The molecule has 96 valence electrons. The SMILES string of the molecule is COCCC(C)(C(=O)O)n1nnc2ccccc21. The van der Waals surface area contributed by atoms with Crippen LogP contribution in [0.3, 0.4) is 0 Å². The topological polar surface area (TPSA) is 77.2 Å². The van der Waals surface area contributed by atoms with Gasteiger partial charge in [0.05, 0.1) is 5.52 Å². The van der Waals surface area contributed by atoms with E-state index in [9.17, 15) is 9.90 Å². The second kappa shape index (κ2) is 4.73. The summed E-state index contributed by atoms with van der Waals surface area (Å²) in [5, 5.41) is 17.4. The third-order valence-electron chi connectivity index (χ3n) is 3.07. The third-order valence-corrected chi connectivity index (χ3v) is 3.07. The number of carboxylic acid groups (broad SMARTS) is 1. The van der Waals surface area contributed by atoms with Gasteiger partial charge in [-0.05, 0) is 19.1 Å². The van der Waals surface area contributed by atoms with Crippen molar-refractivity contribution >= 4 is 17.0 Å². The van der Waals surface area contributed by atoms with E-state index >= 15 is 0 Å². The van der Waals surface area contributed by atoms with Gasteiger partial charge in [0.1, 0.15) is 5.52 Å². The Morgan fingerprint density at radius 1 is 1.50 bits per heavy atom. The van der Waals surface area contributed by atoms with Gasteiger partial charge in [0.25, 0.3) is 0 Å². The van der Waals surface area contributed by atoms with Crippen LogP contribution in [-0.4, -0.2) is 39.8 Å². The summed E-state index contributed by atoms with van der Waals surface area (Å²) in [5.74, 6) is -0.949. The second-order valence-electron chi connectivity index (χ2n) is 4.31. The molecule has 6 nitrogen and oxygen atoms in total. The largest absolute Gasteiger partial charge is 0.479 e. The van der Waals surface area contributed by atoms with Crippen molar-refractivity contribution in [2.24, 2.45) is 0 Å². The number of carboxylic acids is 1. The highest BCUT2D eigenvalue weighted by molar-refractivity contribution is 5.81. The summed E-state index contributed by atoms with van der Waals surface area (Å²) in [5.41, 5.74) is 0.229. The summed E-state index contributed by atoms with van der Waals surface area (Å²) in [6.45, 7) is 1.96. The normalized spacial score (nSPS) is 14.6. The van der Waals surface area contributed by atoms with Crippen LogP contribution in [0.4, 0.5) is 0 Å². The Kier molecular flexibility index (Phi) is 3.29. The Hall–Kier alpha value is -1.95. The Balaban J connectivity index is 2.51. The lowest BCUT2D eigenvalue weighted by atomic mass is 9.98. The number of methoxy groups -OCH3 is 1. The number of carbonyl (C=O) groups is 1. The number of fused-ring (bicyclic) bond motifs is 1. The number of aliphatic carboxylic acids is 1. The predicted octanol–water partition coefficient (Wildman–Crippen LogP) is 1.27. The fraction of sp³-hybridized carbons (Fsp3) is 0.417.